The molecule has 1 rings (SSSR count). The maximum atomic E-state index is 5.09. The third kappa shape index (κ3) is 13.6. The lowest BCUT2D eigenvalue weighted by Crippen LogP contribution is -1.89. The summed E-state index contributed by atoms with van der Waals surface area (Å²) >= 11 is 0.909. The van der Waals surface area contributed by atoms with Crippen molar-refractivity contribution in [3.63, 3.8) is 0 Å². The van der Waals surface area contributed by atoms with Crippen LogP contribution in [0.4, 0.5) is 0 Å². The van der Waals surface area contributed by atoms with E-state index in [1.165, 1.54) is 44.1 Å². The second kappa shape index (κ2) is 13.8. The molecule has 0 radical (unpaired) electrons. The van der Waals surface area contributed by atoms with Gasteiger partial charge in [-0.3, -0.25) is 0 Å². The van der Waals surface area contributed by atoms with Crippen molar-refractivity contribution in [3.05, 3.63) is 35.9 Å². The highest BCUT2D eigenvalue weighted by Gasteiger charge is 1.87. The Balaban J connectivity index is 0.000000318. The molecule has 17 heavy (non-hydrogen) atoms. The Morgan fingerprint density at radius 1 is 0.941 bits per heavy atom. The number of unbranched alkanes of at least 4 members (excludes halogenated alkanes) is 5. The zero-order valence-electron chi connectivity index (χ0n) is 11.7. The molecule has 0 fully saturated rings. The molecule has 0 saturated carbocycles. The van der Waals surface area contributed by atoms with Gasteiger partial charge in [0.1, 0.15) is 0 Å². The van der Waals surface area contributed by atoms with Gasteiger partial charge >= 0.3 is 16.6 Å². The quantitative estimate of drug-likeness (QED) is 0.526. The van der Waals surface area contributed by atoms with E-state index >= 15 is 0 Å². The Labute approximate surface area is 115 Å². The molecule has 0 aromatic heterocycles. The highest BCUT2D eigenvalue weighted by molar-refractivity contribution is 5.97. The van der Waals surface area contributed by atoms with Gasteiger partial charge < -0.3 is 3.79 Å². The molecule has 0 bridgehead atoms. The van der Waals surface area contributed by atoms with Crippen molar-refractivity contribution >= 4 is 16.6 Å². The van der Waals surface area contributed by atoms with Gasteiger partial charge in [-0.2, -0.15) is 0 Å². The highest BCUT2D eigenvalue weighted by Crippen LogP contribution is 2.04. The molecule has 1 nitrogen and oxygen atoms in total. The van der Waals surface area contributed by atoms with Crippen LogP contribution in [0.3, 0.4) is 0 Å². The van der Waals surface area contributed by atoms with Crippen LogP contribution in [0.15, 0.2) is 30.3 Å². The second-order valence-electron chi connectivity index (χ2n) is 4.42. The summed E-state index contributed by atoms with van der Waals surface area (Å²) in [4.78, 5) is 0. The summed E-state index contributed by atoms with van der Waals surface area (Å²) in [6.45, 7) is 5.33. The number of hydrogen-bond donors (Lipinski definition) is 0. The standard InChI is InChI=1S/C8H17O.C7H8.Al.2H/c1-2-3-4-5-6-7-8-9;1-7-5-3-2-4-6-7;;;/h2-8H2,1H3;2-6H,1H3;;;/q-1;;+1;;. The molecule has 1 aromatic rings. The molecule has 1 aromatic carbocycles. The van der Waals surface area contributed by atoms with Gasteiger partial charge in [-0.1, -0.05) is 74.9 Å². The van der Waals surface area contributed by atoms with Crippen LogP contribution in [0.1, 0.15) is 51.0 Å². The highest BCUT2D eigenvalue weighted by atomic mass is 27.1. The van der Waals surface area contributed by atoms with Gasteiger partial charge in [-0.25, -0.2) is 0 Å². The van der Waals surface area contributed by atoms with Crippen molar-refractivity contribution in [1.29, 1.82) is 0 Å². The average molecular weight is 250 g/mol. The number of rotatable bonds is 7. The summed E-state index contributed by atoms with van der Waals surface area (Å²) < 4.78 is 5.09. The van der Waals surface area contributed by atoms with E-state index in [-0.39, 0.29) is 0 Å². The lowest BCUT2D eigenvalue weighted by atomic mass is 10.1. The van der Waals surface area contributed by atoms with Crippen molar-refractivity contribution in [2.45, 2.75) is 52.4 Å². The van der Waals surface area contributed by atoms with Crippen LogP contribution >= 0.6 is 0 Å². The van der Waals surface area contributed by atoms with Gasteiger partial charge in [0.2, 0.25) is 0 Å². The van der Waals surface area contributed by atoms with Crippen LogP contribution in [0.25, 0.3) is 0 Å². The summed E-state index contributed by atoms with van der Waals surface area (Å²) in [5.41, 5.74) is 1.32. The van der Waals surface area contributed by atoms with Crippen LogP contribution in [0, 0.1) is 6.92 Å². The summed E-state index contributed by atoms with van der Waals surface area (Å²) in [5, 5.41) is 0. The van der Waals surface area contributed by atoms with Gasteiger partial charge in [-0.15, -0.1) is 0 Å². The molecule has 0 aliphatic rings. The minimum Gasteiger partial charge on any atom is -0.506 e. The van der Waals surface area contributed by atoms with Gasteiger partial charge in [0, 0.05) is 6.61 Å². The zero-order chi connectivity index (χ0) is 12.8. The van der Waals surface area contributed by atoms with E-state index in [1.807, 2.05) is 18.2 Å². The summed E-state index contributed by atoms with van der Waals surface area (Å²) in [6.07, 6.45) is 8.20. The largest absolute Gasteiger partial charge is 0.506 e. The predicted molar refractivity (Wildman–Crippen MR) is 79.1 cm³/mol. The molecular weight excluding hydrogens is 223 g/mol. The first-order valence-electron chi connectivity index (χ1n) is 6.81. The Bertz CT molecular complexity index is 228. The van der Waals surface area contributed by atoms with Crippen LogP contribution in [0.5, 0.6) is 0 Å². The van der Waals surface area contributed by atoms with E-state index in [1.54, 1.807) is 0 Å². The van der Waals surface area contributed by atoms with Crippen molar-refractivity contribution in [1.82, 2.24) is 0 Å². The molecule has 2 heteroatoms. The second-order valence-corrected chi connectivity index (χ2v) is 4.99. The SMILES string of the molecule is CCCCCCCC[O][AlH2].Cc1ccccc1. The fourth-order valence-electron chi connectivity index (χ4n) is 1.56. The number of aryl methyl sites for hydroxylation is 1. The fraction of sp³-hybridized carbons (Fsp3) is 0.600. The first-order chi connectivity index (χ1) is 8.31. The van der Waals surface area contributed by atoms with E-state index in [4.69, 9.17) is 3.79 Å². The van der Waals surface area contributed by atoms with Gasteiger partial charge in [0.25, 0.3) is 0 Å². The predicted octanol–water partition coefficient (Wildman–Crippen LogP) is 3.91. The lowest BCUT2D eigenvalue weighted by molar-refractivity contribution is 0.333. The molecule has 0 N–H and O–H groups in total. The molecule has 0 spiro atoms. The Hall–Kier alpha value is -0.288. The maximum Gasteiger partial charge on any atom is 0.410 e. The minimum absolute atomic E-state index is 0.909. The molecule has 0 aliphatic heterocycles. The first-order valence-corrected chi connectivity index (χ1v) is 7.63. The molecule has 0 aliphatic carbocycles. The van der Waals surface area contributed by atoms with E-state index in [0.29, 0.717) is 0 Å². The van der Waals surface area contributed by atoms with Crippen LogP contribution < -0.4 is 0 Å². The van der Waals surface area contributed by atoms with Crippen LogP contribution in [0.2, 0.25) is 0 Å². The molecular formula is C15H27AlO. The number of hydrogen-bond acceptors (Lipinski definition) is 1. The molecule has 0 atom stereocenters. The van der Waals surface area contributed by atoms with Crippen molar-refractivity contribution in [3.8, 4) is 0 Å². The topological polar surface area (TPSA) is 9.23 Å². The third-order valence-electron chi connectivity index (χ3n) is 2.64. The van der Waals surface area contributed by atoms with E-state index in [9.17, 15) is 0 Å². The molecule has 0 saturated heterocycles. The van der Waals surface area contributed by atoms with E-state index < -0.39 is 0 Å². The molecule has 0 heterocycles. The Kier molecular flexibility index (Phi) is 13.5. The summed E-state index contributed by atoms with van der Waals surface area (Å²) in [7, 11) is 0. The van der Waals surface area contributed by atoms with Crippen molar-refractivity contribution < 1.29 is 3.79 Å². The first kappa shape index (κ1) is 16.7. The normalized spacial score (nSPS) is 9.53. The minimum atomic E-state index is 0.909. The Morgan fingerprint density at radius 3 is 2.00 bits per heavy atom. The molecule has 96 valence electrons. The van der Waals surface area contributed by atoms with Gasteiger partial charge in [-0.05, 0) is 13.3 Å². The molecule has 0 unspecified atom stereocenters. The summed E-state index contributed by atoms with van der Waals surface area (Å²) in [5.74, 6) is 0. The third-order valence-corrected chi connectivity index (χ3v) is 3.05. The average Bonchev–Trinajstić information content (AvgIpc) is 2.35. The van der Waals surface area contributed by atoms with E-state index in [0.717, 1.165) is 23.2 Å². The van der Waals surface area contributed by atoms with Gasteiger partial charge in [0.05, 0.1) is 0 Å². The fourth-order valence-corrected chi connectivity index (χ4v) is 1.85. The van der Waals surface area contributed by atoms with Crippen molar-refractivity contribution in [2.75, 3.05) is 6.61 Å². The zero-order valence-corrected chi connectivity index (χ0v) is 13.7. The van der Waals surface area contributed by atoms with Crippen molar-refractivity contribution in [2.24, 2.45) is 0 Å². The monoisotopic (exact) mass is 250 g/mol. The number of benzene rings is 1. The van der Waals surface area contributed by atoms with Gasteiger partial charge in [0.15, 0.2) is 0 Å². The Morgan fingerprint density at radius 2 is 1.53 bits per heavy atom. The smallest absolute Gasteiger partial charge is 0.410 e. The lowest BCUT2D eigenvalue weighted by Gasteiger charge is -1.99. The van der Waals surface area contributed by atoms with Crippen LogP contribution in [-0.2, 0) is 3.79 Å². The van der Waals surface area contributed by atoms with E-state index in [2.05, 4.69) is 26.0 Å². The maximum absolute atomic E-state index is 5.09. The van der Waals surface area contributed by atoms with Crippen LogP contribution in [-0.4, -0.2) is 23.2 Å². The molecule has 0 amide bonds. The summed E-state index contributed by atoms with van der Waals surface area (Å²) in [6, 6.07) is 10.3.